The van der Waals surface area contributed by atoms with E-state index in [-0.39, 0.29) is 5.54 Å². The molecule has 1 heterocycles. The van der Waals surface area contributed by atoms with Crippen molar-refractivity contribution in [2.24, 2.45) is 5.73 Å². The van der Waals surface area contributed by atoms with Crippen LogP contribution in [-0.4, -0.2) is 22.1 Å². The predicted octanol–water partition coefficient (Wildman–Crippen LogP) is 2.80. The second-order valence-electron chi connectivity index (χ2n) is 5.57. The van der Waals surface area contributed by atoms with Gasteiger partial charge in [-0.1, -0.05) is 0 Å². The number of anilines is 1. The Kier molecular flexibility index (Phi) is 3.57. The number of nitrogens with zero attached hydrogens (tertiary/aromatic N) is 1. The lowest BCUT2D eigenvalue weighted by molar-refractivity contribution is 0.465. The van der Waals surface area contributed by atoms with Crippen molar-refractivity contribution in [3.8, 4) is 0 Å². The molecular formula is C14H22N4. The molecule has 0 aliphatic heterocycles. The number of aryl methyl sites for hydroxylation is 1. The SMILES string of the molecule is Cc1nc2ccc(NCCCC(C)(C)N)cc2[nH]1. The van der Waals surface area contributed by atoms with Crippen molar-refractivity contribution < 1.29 is 0 Å². The molecule has 1 aromatic carbocycles. The van der Waals surface area contributed by atoms with Crippen LogP contribution in [-0.2, 0) is 0 Å². The Morgan fingerprint density at radius 2 is 2.17 bits per heavy atom. The monoisotopic (exact) mass is 246 g/mol. The van der Waals surface area contributed by atoms with E-state index in [1.807, 2.05) is 13.0 Å². The highest BCUT2D eigenvalue weighted by molar-refractivity contribution is 5.79. The van der Waals surface area contributed by atoms with Crippen LogP contribution in [0.1, 0.15) is 32.5 Å². The first-order valence-electron chi connectivity index (χ1n) is 6.43. The number of nitrogens with one attached hydrogen (secondary N) is 2. The fourth-order valence-corrected chi connectivity index (χ4v) is 2.02. The molecule has 0 atom stereocenters. The molecule has 0 spiro atoms. The third kappa shape index (κ3) is 3.47. The topological polar surface area (TPSA) is 66.7 Å². The Balaban J connectivity index is 1.91. The van der Waals surface area contributed by atoms with Gasteiger partial charge in [-0.3, -0.25) is 0 Å². The van der Waals surface area contributed by atoms with Crippen LogP contribution in [0.3, 0.4) is 0 Å². The van der Waals surface area contributed by atoms with Crippen LogP contribution in [0.15, 0.2) is 18.2 Å². The van der Waals surface area contributed by atoms with Crippen LogP contribution < -0.4 is 11.1 Å². The summed E-state index contributed by atoms with van der Waals surface area (Å²) in [5.74, 6) is 0.951. The molecule has 98 valence electrons. The van der Waals surface area contributed by atoms with Crippen LogP contribution in [0, 0.1) is 6.92 Å². The zero-order chi connectivity index (χ0) is 13.2. The molecule has 0 saturated heterocycles. The standard InChI is InChI=1S/C14H22N4/c1-10-17-12-6-5-11(9-13(12)18-10)16-8-4-7-14(2,3)15/h5-6,9,16H,4,7-8,15H2,1-3H3,(H,17,18). The van der Waals surface area contributed by atoms with Crippen molar-refractivity contribution in [1.29, 1.82) is 0 Å². The molecule has 0 bridgehead atoms. The molecule has 0 radical (unpaired) electrons. The zero-order valence-corrected chi connectivity index (χ0v) is 11.4. The summed E-state index contributed by atoms with van der Waals surface area (Å²) < 4.78 is 0. The zero-order valence-electron chi connectivity index (χ0n) is 11.4. The molecule has 18 heavy (non-hydrogen) atoms. The lowest BCUT2D eigenvalue weighted by atomic mass is 10.0. The van der Waals surface area contributed by atoms with Gasteiger partial charge < -0.3 is 16.0 Å². The molecule has 4 nitrogen and oxygen atoms in total. The van der Waals surface area contributed by atoms with E-state index < -0.39 is 0 Å². The summed E-state index contributed by atoms with van der Waals surface area (Å²) in [4.78, 5) is 7.63. The molecule has 0 saturated carbocycles. The number of H-pyrrole nitrogens is 1. The maximum atomic E-state index is 5.95. The molecule has 1 aromatic heterocycles. The van der Waals surface area contributed by atoms with Gasteiger partial charge in [-0.25, -0.2) is 4.98 Å². The molecule has 0 aliphatic rings. The second kappa shape index (κ2) is 4.98. The number of nitrogens with two attached hydrogens (primary N) is 1. The van der Waals surface area contributed by atoms with E-state index in [1.54, 1.807) is 0 Å². The average molecular weight is 246 g/mol. The van der Waals surface area contributed by atoms with Gasteiger partial charge in [0, 0.05) is 17.8 Å². The van der Waals surface area contributed by atoms with Gasteiger partial charge in [-0.05, 0) is 51.8 Å². The van der Waals surface area contributed by atoms with E-state index in [1.165, 1.54) is 0 Å². The predicted molar refractivity (Wildman–Crippen MR) is 76.8 cm³/mol. The van der Waals surface area contributed by atoms with E-state index in [9.17, 15) is 0 Å². The molecular weight excluding hydrogens is 224 g/mol. The first kappa shape index (κ1) is 12.9. The largest absolute Gasteiger partial charge is 0.385 e. The third-order valence-corrected chi connectivity index (χ3v) is 2.93. The highest BCUT2D eigenvalue weighted by Crippen LogP contribution is 2.17. The molecule has 0 fully saturated rings. The number of hydrogen-bond acceptors (Lipinski definition) is 3. The maximum Gasteiger partial charge on any atom is 0.104 e. The minimum atomic E-state index is -0.0773. The highest BCUT2D eigenvalue weighted by Gasteiger charge is 2.09. The summed E-state index contributed by atoms with van der Waals surface area (Å²) in [5, 5.41) is 3.42. The molecule has 0 amide bonds. The molecule has 4 N–H and O–H groups in total. The number of aromatic amines is 1. The minimum absolute atomic E-state index is 0.0773. The van der Waals surface area contributed by atoms with E-state index in [0.29, 0.717) is 0 Å². The van der Waals surface area contributed by atoms with E-state index >= 15 is 0 Å². The molecule has 0 aliphatic carbocycles. The Hall–Kier alpha value is -1.55. The Morgan fingerprint density at radius 3 is 2.89 bits per heavy atom. The van der Waals surface area contributed by atoms with Crippen molar-refractivity contribution in [2.45, 2.75) is 39.2 Å². The summed E-state index contributed by atoms with van der Waals surface area (Å²) in [7, 11) is 0. The number of imidazole rings is 1. The van der Waals surface area contributed by atoms with Crippen molar-refractivity contribution in [3.05, 3.63) is 24.0 Å². The molecule has 2 aromatic rings. The summed E-state index contributed by atoms with van der Waals surface area (Å²) in [6.45, 7) is 7.04. The number of fused-ring (bicyclic) bond motifs is 1. The minimum Gasteiger partial charge on any atom is -0.385 e. The molecule has 0 unspecified atom stereocenters. The van der Waals surface area contributed by atoms with Crippen molar-refractivity contribution >= 4 is 16.7 Å². The smallest absolute Gasteiger partial charge is 0.104 e. The first-order chi connectivity index (χ1) is 8.44. The maximum absolute atomic E-state index is 5.95. The Bertz CT molecular complexity index is 522. The molecule has 2 rings (SSSR count). The number of benzene rings is 1. The summed E-state index contributed by atoms with van der Waals surface area (Å²) in [6, 6.07) is 6.20. The van der Waals surface area contributed by atoms with Gasteiger partial charge >= 0.3 is 0 Å². The lowest BCUT2D eigenvalue weighted by Crippen LogP contribution is -2.32. The number of rotatable bonds is 5. The summed E-state index contributed by atoms with van der Waals surface area (Å²) in [6.07, 6.45) is 2.09. The van der Waals surface area contributed by atoms with E-state index in [4.69, 9.17) is 5.73 Å². The van der Waals surface area contributed by atoms with E-state index in [0.717, 1.165) is 41.9 Å². The van der Waals surface area contributed by atoms with Gasteiger partial charge in [0.25, 0.3) is 0 Å². The van der Waals surface area contributed by atoms with Gasteiger partial charge in [-0.2, -0.15) is 0 Å². The van der Waals surface area contributed by atoms with Crippen molar-refractivity contribution in [2.75, 3.05) is 11.9 Å². The lowest BCUT2D eigenvalue weighted by Gasteiger charge is -2.18. The second-order valence-corrected chi connectivity index (χ2v) is 5.57. The van der Waals surface area contributed by atoms with E-state index in [2.05, 4.69) is 41.3 Å². The quantitative estimate of drug-likeness (QED) is 0.711. The summed E-state index contributed by atoms with van der Waals surface area (Å²) >= 11 is 0. The van der Waals surface area contributed by atoms with Crippen LogP contribution >= 0.6 is 0 Å². The highest BCUT2D eigenvalue weighted by atomic mass is 14.9. The average Bonchev–Trinajstić information content (AvgIpc) is 2.62. The Labute approximate surface area is 108 Å². The normalized spacial score (nSPS) is 12.0. The Morgan fingerprint density at radius 1 is 1.39 bits per heavy atom. The van der Waals surface area contributed by atoms with Gasteiger partial charge in [0.15, 0.2) is 0 Å². The van der Waals surface area contributed by atoms with Crippen LogP contribution in [0.5, 0.6) is 0 Å². The molecule has 4 heteroatoms. The number of aromatic nitrogens is 2. The van der Waals surface area contributed by atoms with Gasteiger partial charge in [0.2, 0.25) is 0 Å². The van der Waals surface area contributed by atoms with Crippen molar-refractivity contribution in [1.82, 2.24) is 9.97 Å². The van der Waals surface area contributed by atoms with Gasteiger partial charge in [0.05, 0.1) is 11.0 Å². The summed E-state index contributed by atoms with van der Waals surface area (Å²) in [5.41, 5.74) is 9.09. The fourth-order valence-electron chi connectivity index (χ4n) is 2.02. The van der Waals surface area contributed by atoms with Crippen LogP contribution in [0.25, 0.3) is 11.0 Å². The van der Waals surface area contributed by atoms with Crippen LogP contribution in [0.2, 0.25) is 0 Å². The van der Waals surface area contributed by atoms with Crippen LogP contribution in [0.4, 0.5) is 5.69 Å². The van der Waals surface area contributed by atoms with Gasteiger partial charge in [-0.15, -0.1) is 0 Å². The number of hydrogen-bond donors (Lipinski definition) is 3. The fraction of sp³-hybridized carbons (Fsp3) is 0.500. The third-order valence-electron chi connectivity index (χ3n) is 2.93. The van der Waals surface area contributed by atoms with Crippen molar-refractivity contribution in [3.63, 3.8) is 0 Å². The first-order valence-corrected chi connectivity index (χ1v) is 6.43. The van der Waals surface area contributed by atoms with Gasteiger partial charge in [0.1, 0.15) is 5.82 Å².